The number of benzene rings is 1. The molecule has 2 fully saturated rings. The van der Waals surface area contributed by atoms with Crippen LogP contribution in [-0.4, -0.2) is 70.4 Å². The van der Waals surface area contributed by atoms with Crippen LogP contribution in [0.4, 0.5) is 22.1 Å². The molecule has 4 heterocycles. The number of likely N-dealkylation sites (tertiary alicyclic amines) is 1. The lowest BCUT2D eigenvalue weighted by atomic mass is 10.1. The van der Waals surface area contributed by atoms with Crippen molar-refractivity contribution in [3.05, 3.63) is 36.8 Å². The number of amides is 1. The Morgan fingerprint density at radius 2 is 1.83 bits per heavy atom. The third-order valence-electron chi connectivity index (χ3n) is 6.62. The molecule has 0 bridgehead atoms. The fraction of sp³-hybridized carbons (Fsp3) is 0.440. The normalized spacial score (nSPS) is 16.8. The summed E-state index contributed by atoms with van der Waals surface area (Å²) in [6.45, 7) is 2.97. The van der Waals surface area contributed by atoms with E-state index in [0.717, 1.165) is 35.5 Å². The number of nitrogens with one attached hydrogen (secondary N) is 1. The second-order valence-corrected chi connectivity index (χ2v) is 8.91. The number of aromatic nitrogens is 3. The summed E-state index contributed by atoms with van der Waals surface area (Å²) >= 11 is 0. The maximum absolute atomic E-state index is 11.1. The first-order valence-electron chi connectivity index (χ1n) is 12.1. The topological polar surface area (TPSA) is 113 Å². The second kappa shape index (κ2) is 10.2. The number of hydrogen-bond donors (Lipinski definition) is 2. The van der Waals surface area contributed by atoms with Crippen LogP contribution in [0.5, 0.6) is 11.5 Å². The number of carboxylic acid groups (broad SMARTS) is 1. The van der Waals surface area contributed by atoms with Crippen molar-refractivity contribution < 1.29 is 19.4 Å². The maximum Gasteiger partial charge on any atom is 0.407 e. The van der Waals surface area contributed by atoms with Crippen LogP contribution in [0.15, 0.2) is 36.8 Å². The first-order valence-corrected chi connectivity index (χ1v) is 12.1. The molecule has 1 aromatic carbocycles. The molecule has 0 atom stereocenters. The summed E-state index contributed by atoms with van der Waals surface area (Å²) in [5, 5.41) is 13.4. The van der Waals surface area contributed by atoms with E-state index in [1.54, 1.807) is 13.3 Å². The minimum atomic E-state index is -0.882. The van der Waals surface area contributed by atoms with Crippen LogP contribution < -0.4 is 19.7 Å². The zero-order chi connectivity index (χ0) is 24.2. The van der Waals surface area contributed by atoms with E-state index in [1.807, 2.05) is 18.2 Å². The van der Waals surface area contributed by atoms with Gasteiger partial charge in [-0.1, -0.05) is 0 Å². The lowest BCUT2D eigenvalue weighted by Gasteiger charge is -2.30. The van der Waals surface area contributed by atoms with Crippen molar-refractivity contribution in [2.45, 2.75) is 38.2 Å². The van der Waals surface area contributed by atoms with Gasteiger partial charge in [0.25, 0.3) is 0 Å². The third kappa shape index (κ3) is 5.16. The number of carbonyl (C=O) groups is 1. The largest absolute Gasteiger partial charge is 0.493 e. The summed E-state index contributed by atoms with van der Waals surface area (Å²) in [4.78, 5) is 28.4. The number of hydrogen-bond acceptors (Lipinski definition) is 8. The molecule has 2 N–H and O–H groups in total. The molecule has 0 aliphatic carbocycles. The fourth-order valence-electron chi connectivity index (χ4n) is 4.67. The van der Waals surface area contributed by atoms with E-state index in [2.05, 4.69) is 31.2 Å². The molecular weight excluding hydrogens is 448 g/mol. The first-order chi connectivity index (χ1) is 17.1. The quantitative estimate of drug-likeness (QED) is 0.536. The number of nitrogens with zero attached hydrogens (tertiary/aromatic N) is 5. The summed E-state index contributed by atoms with van der Waals surface area (Å²) in [5.74, 6) is 2.89. The molecule has 5 rings (SSSR count). The van der Waals surface area contributed by atoms with Gasteiger partial charge in [-0.05, 0) is 37.5 Å². The van der Waals surface area contributed by atoms with Crippen molar-refractivity contribution in [1.29, 1.82) is 0 Å². The van der Waals surface area contributed by atoms with Crippen LogP contribution in [0.1, 0.15) is 32.1 Å². The molecule has 2 aliphatic rings. The van der Waals surface area contributed by atoms with E-state index in [4.69, 9.17) is 14.6 Å². The minimum absolute atomic E-state index is 0.0511. The molecule has 0 saturated carbocycles. The SMILES string of the molecule is COc1cc(Nc2ncnc3cnc(N4CCCCC4)cc23)ccc1OC1CCN(C(=O)O)CC1. The predicted octanol–water partition coefficient (Wildman–Crippen LogP) is 4.29. The Labute approximate surface area is 203 Å². The molecule has 1 amide bonds. The predicted molar refractivity (Wildman–Crippen MR) is 133 cm³/mol. The zero-order valence-corrected chi connectivity index (χ0v) is 19.8. The first kappa shape index (κ1) is 22.9. The number of methoxy groups -OCH3 is 1. The number of pyridine rings is 1. The van der Waals surface area contributed by atoms with Gasteiger partial charge >= 0.3 is 6.09 Å². The number of ether oxygens (including phenoxy) is 2. The lowest BCUT2D eigenvalue weighted by Crippen LogP contribution is -2.41. The Balaban J connectivity index is 1.33. The standard InChI is InChI=1S/C25H30N6O4/c1-34-22-13-17(5-6-21(22)35-18-7-11-31(12-8-18)25(32)33)29-24-19-14-23(30-9-3-2-4-10-30)26-15-20(19)27-16-28-24/h5-6,13-16,18H,2-4,7-12H2,1H3,(H,32,33)(H,27,28,29). The van der Waals surface area contributed by atoms with Gasteiger partial charge in [0.2, 0.25) is 0 Å². The van der Waals surface area contributed by atoms with Crippen LogP contribution >= 0.6 is 0 Å². The summed E-state index contributed by atoms with van der Waals surface area (Å²) in [7, 11) is 1.61. The van der Waals surface area contributed by atoms with Crippen molar-refractivity contribution in [1.82, 2.24) is 19.9 Å². The van der Waals surface area contributed by atoms with Crippen LogP contribution in [0.3, 0.4) is 0 Å². The Morgan fingerprint density at radius 3 is 2.57 bits per heavy atom. The van der Waals surface area contributed by atoms with Gasteiger partial charge < -0.3 is 29.7 Å². The van der Waals surface area contributed by atoms with E-state index in [1.165, 1.54) is 30.5 Å². The molecule has 184 valence electrons. The van der Waals surface area contributed by atoms with Crippen molar-refractivity contribution in [2.24, 2.45) is 0 Å². The van der Waals surface area contributed by atoms with Crippen LogP contribution in [0.25, 0.3) is 10.9 Å². The lowest BCUT2D eigenvalue weighted by molar-refractivity contribution is 0.0878. The highest BCUT2D eigenvalue weighted by Crippen LogP contribution is 2.34. The zero-order valence-electron chi connectivity index (χ0n) is 19.8. The average molecular weight is 479 g/mol. The van der Waals surface area contributed by atoms with Gasteiger partial charge in [-0.3, -0.25) is 0 Å². The number of rotatable bonds is 6. The highest BCUT2D eigenvalue weighted by molar-refractivity contribution is 5.92. The van der Waals surface area contributed by atoms with E-state index >= 15 is 0 Å². The van der Waals surface area contributed by atoms with Crippen molar-refractivity contribution >= 4 is 34.3 Å². The van der Waals surface area contributed by atoms with Gasteiger partial charge in [0, 0.05) is 56.2 Å². The Hall–Kier alpha value is -3.82. The molecule has 2 aliphatic heterocycles. The van der Waals surface area contributed by atoms with E-state index in [9.17, 15) is 4.79 Å². The fourth-order valence-corrected chi connectivity index (χ4v) is 4.67. The molecule has 0 unspecified atom stereocenters. The minimum Gasteiger partial charge on any atom is -0.493 e. The van der Waals surface area contributed by atoms with Gasteiger partial charge in [0.15, 0.2) is 11.5 Å². The Bertz CT molecular complexity index is 1190. The van der Waals surface area contributed by atoms with Gasteiger partial charge in [0.05, 0.1) is 18.8 Å². The summed E-state index contributed by atoms with van der Waals surface area (Å²) < 4.78 is 11.7. The van der Waals surface area contributed by atoms with Gasteiger partial charge in [-0.15, -0.1) is 0 Å². The van der Waals surface area contributed by atoms with Crippen LogP contribution in [0.2, 0.25) is 0 Å². The number of piperidine rings is 2. The molecule has 35 heavy (non-hydrogen) atoms. The smallest absolute Gasteiger partial charge is 0.407 e. The summed E-state index contributed by atoms with van der Waals surface area (Å²) in [5.41, 5.74) is 1.59. The number of fused-ring (bicyclic) bond motifs is 1. The van der Waals surface area contributed by atoms with E-state index in [-0.39, 0.29) is 6.10 Å². The Kier molecular flexibility index (Phi) is 6.69. The molecule has 10 nitrogen and oxygen atoms in total. The molecule has 0 spiro atoms. The van der Waals surface area contributed by atoms with E-state index in [0.29, 0.717) is 43.2 Å². The van der Waals surface area contributed by atoms with Crippen LogP contribution in [0, 0.1) is 0 Å². The number of anilines is 3. The van der Waals surface area contributed by atoms with Crippen LogP contribution in [-0.2, 0) is 0 Å². The van der Waals surface area contributed by atoms with Crippen molar-refractivity contribution in [3.63, 3.8) is 0 Å². The van der Waals surface area contributed by atoms with Crippen molar-refractivity contribution in [2.75, 3.05) is 43.5 Å². The monoisotopic (exact) mass is 478 g/mol. The average Bonchev–Trinajstić information content (AvgIpc) is 2.90. The second-order valence-electron chi connectivity index (χ2n) is 8.91. The third-order valence-corrected chi connectivity index (χ3v) is 6.62. The summed E-state index contributed by atoms with van der Waals surface area (Å²) in [6.07, 6.45) is 7.34. The maximum atomic E-state index is 11.1. The van der Waals surface area contributed by atoms with Crippen molar-refractivity contribution in [3.8, 4) is 11.5 Å². The molecular formula is C25H30N6O4. The molecule has 2 saturated heterocycles. The molecule has 3 aromatic rings. The van der Waals surface area contributed by atoms with Gasteiger partial charge in [-0.2, -0.15) is 0 Å². The molecule has 0 radical (unpaired) electrons. The molecule has 2 aromatic heterocycles. The summed E-state index contributed by atoms with van der Waals surface area (Å²) in [6, 6.07) is 7.73. The Morgan fingerprint density at radius 1 is 1.03 bits per heavy atom. The van der Waals surface area contributed by atoms with Gasteiger partial charge in [-0.25, -0.2) is 19.7 Å². The highest BCUT2D eigenvalue weighted by atomic mass is 16.5. The highest BCUT2D eigenvalue weighted by Gasteiger charge is 2.24. The van der Waals surface area contributed by atoms with E-state index < -0.39 is 6.09 Å². The van der Waals surface area contributed by atoms with Gasteiger partial charge in [0.1, 0.15) is 24.1 Å². The molecule has 10 heteroatoms.